The molecule has 1 heterocycles. The normalized spacial score (nSPS) is 19.3. The Morgan fingerprint density at radius 2 is 2.32 bits per heavy atom. The maximum atomic E-state index is 11.7. The number of rotatable bonds is 8. The predicted molar refractivity (Wildman–Crippen MR) is 77.2 cm³/mol. The van der Waals surface area contributed by atoms with E-state index in [-0.39, 0.29) is 17.7 Å². The summed E-state index contributed by atoms with van der Waals surface area (Å²) in [6.07, 6.45) is 0.529. The van der Waals surface area contributed by atoms with Crippen LogP contribution in [0.3, 0.4) is 0 Å². The third-order valence-corrected chi connectivity index (χ3v) is 4.09. The monoisotopic (exact) mass is 288 g/mol. The molecule has 1 aliphatic heterocycles. The Morgan fingerprint density at radius 1 is 1.58 bits per heavy atom. The molecule has 5 nitrogen and oxygen atoms in total. The number of thioether (sulfide) groups is 1. The average Bonchev–Trinajstić information content (AvgIpc) is 2.72. The Morgan fingerprint density at radius 3 is 2.95 bits per heavy atom. The molecular formula is C13H24N2O3S. The summed E-state index contributed by atoms with van der Waals surface area (Å²) in [6.45, 7) is 6.66. The summed E-state index contributed by atoms with van der Waals surface area (Å²) < 4.78 is 4.97. The van der Waals surface area contributed by atoms with Gasteiger partial charge in [-0.25, -0.2) is 0 Å². The van der Waals surface area contributed by atoms with Gasteiger partial charge < -0.3 is 15.0 Å². The number of amides is 2. The topological polar surface area (TPSA) is 58.6 Å². The van der Waals surface area contributed by atoms with E-state index >= 15 is 0 Å². The largest absolute Gasteiger partial charge is 0.383 e. The lowest BCUT2D eigenvalue weighted by Gasteiger charge is -2.16. The van der Waals surface area contributed by atoms with Gasteiger partial charge in [0.2, 0.25) is 11.8 Å². The van der Waals surface area contributed by atoms with Gasteiger partial charge in [0.05, 0.1) is 12.4 Å². The highest BCUT2D eigenvalue weighted by molar-refractivity contribution is 8.00. The number of nitrogens with zero attached hydrogens (tertiary/aromatic N) is 1. The molecule has 0 aromatic rings. The van der Waals surface area contributed by atoms with Crippen LogP contribution in [0.1, 0.15) is 20.3 Å². The van der Waals surface area contributed by atoms with E-state index in [1.807, 2.05) is 4.90 Å². The molecule has 1 atom stereocenters. The molecule has 1 saturated heterocycles. The maximum Gasteiger partial charge on any atom is 0.230 e. The molecule has 0 bridgehead atoms. The summed E-state index contributed by atoms with van der Waals surface area (Å²) in [7, 11) is 1.63. The first-order chi connectivity index (χ1) is 9.02. The molecule has 1 aliphatic rings. The smallest absolute Gasteiger partial charge is 0.230 e. The van der Waals surface area contributed by atoms with Gasteiger partial charge in [0.25, 0.3) is 0 Å². The van der Waals surface area contributed by atoms with Crippen LogP contribution < -0.4 is 5.32 Å². The standard InChI is InChI=1S/C13H24N2O3S/c1-10(2)19-9-12(16)14-7-11-6-13(17)15(8-11)4-5-18-3/h10-11H,4-9H2,1-3H3,(H,14,16). The van der Waals surface area contributed by atoms with Gasteiger partial charge in [-0.05, 0) is 5.25 Å². The number of ether oxygens (including phenoxy) is 1. The van der Waals surface area contributed by atoms with E-state index in [0.717, 1.165) is 6.54 Å². The summed E-state index contributed by atoms with van der Waals surface area (Å²) in [4.78, 5) is 25.1. The molecule has 0 aliphatic carbocycles. The molecule has 0 aromatic heterocycles. The van der Waals surface area contributed by atoms with E-state index in [1.165, 1.54) is 0 Å². The fourth-order valence-corrected chi connectivity index (χ4v) is 2.55. The van der Waals surface area contributed by atoms with Crippen molar-refractivity contribution in [2.75, 3.05) is 39.1 Å². The molecule has 1 rings (SSSR count). The molecule has 1 fully saturated rings. The second kappa shape index (κ2) is 8.43. The predicted octanol–water partition coefficient (Wildman–Crippen LogP) is 0.739. The van der Waals surface area contributed by atoms with Crippen LogP contribution in [0.4, 0.5) is 0 Å². The van der Waals surface area contributed by atoms with Gasteiger partial charge in [-0.1, -0.05) is 13.8 Å². The Kier molecular flexibility index (Phi) is 7.23. The summed E-state index contributed by atoms with van der Waals surface area (Å²) >= 11 is 1.63. The Hall–Kier alpha value is -0.750. The third-order valence-electron chi connectivity index (χ3n) is 3.00. The lowest BCUT2D eigenvalue weighted by atomic mass is 10.1. The number of carbonyl (C=O) groups excluding carboxylic acids is 2. The van der Waals surface area contributed by atoms with Crippen molar-refractivity contribution in [1.82, 2.24) is 10.2 Å². The Bertz CT molecular complexity index is 310. The number of carbonyl (C=O) groups is 2. The number of likely N-dealkylation sites (tertiary alicyclic amines) is 1. The minimum absolute atomic E-state index is 0.0569. The molecule has 0 saturated carbocycles. The molecule has 0 spiro atoms. The molecular weight excluding hydrogens is 264 g/mol. The average molecular weight is 288 g/mol. The van der Waals surface area contributed by atoms with Gasteiger partial charge in [0.15, 0.2) is 0 Å². The first-order valence-electron chi connectivity index (χ1n) is 6.68. The summed E-state index contributed by atoms with van der Waals surface area (Å²) in [5.41, 5.74) is 0. The molecule has 1 N–H and O–H groups in total. The molecule has 19 heavy (non-hydrogen) atoms. The second-order valence-corrected chi connectivity index (χ2v) is 6.63. The number of hydrogen-bond acceptors (Lipinski definition) is 4. The van der Waals surface area contributed by atoms with Crippen molar-refractivity contribution in [3.05, 3.63) is 0 Å². The van der Waals surface area contributed by atoms with Crippen LogP contribution in [-0.2, 0) is 14.3 Å². The number of hydrogen-bond donors (Lipinski definition) is 1. The quantitative estimate of drug-likeness (QED) is 0.716. The summed E-state index contributed by atoms with van der Waals surface area (Å²) in [5, 5.41) is 3.37. The Balaban J connectivity index is 2.20. The molecule has 6 heteroatoms. The molecule has 1 unspecified atom stereocenters. The van der Waals surface area contributed by atoms with Crippen molar-refractivity contribution in [2.24, 2.45) is 5.92 Å². The van der Waals surface area contributed by atoms with Crippen LogP contribution in [0.15, 0.2) is 0 Å². The van der Waals surface area contributed by atoms with E-state index in [1.54, 1.807) is 18.9 Å². The minimum Gasteiger partial charge on any atom is -0.383 e. The van der Waals surface area contributed by atoms with Crippen molar-refractivity contribution in [2.45, 2.75) is 25.5 Å². The highest BCUT2D eigenvalue weighted by atomic mass is 32.2. The van der Waals surface area contributed by atoms with Crippen LogP contribution in [0.5, 0.6) is 0 Å². The maximum absolute atomic E-state index is 11.7. The molecule has 0 aromatic carbocycles. The molecule has 2 amide bonds. The lowest BCUT2D eigenvalue weighted by Crippen LogP contribution is -2.33. The summed E-state index contributed by atoms with van der Waals surface area (Å²) in [5.74, 6) is 0.942. The van der Waals surface area contributed by atoms with Gasteiger partial charge in [-0.2, -0.15) is 0 Å². The second-order valence-electron chi connectivity index (χ2n) is 5.07. The van der Waals surface area contributed by atoms with Gasteiger partial charge in [-0.15, -0.1) is 11.8 Å². The van der Waals surface area contributed by atoms with Crippen molar-refractivity contribution in [3.63, 3.8) is 0 Å². The zero-order valence-corrected chi connectivity index (χ0v) is 12.8. The van der Waals surface area contributed by atoms with Crippen LogP contribution in [-0.4, -0.2) is 61.1 Å². The van der Waals surface area contributed by atoms with E-state index in [0.29, 0.717) is 37.1 Å². The van der Waals surface area contributed by atoms with Gasteiger partial charge >= 0.3 is 0 Å². The fraction of sp³-hybridized carbons (Fsp3) is 0.846. The zero-order chi connectivity index (χ0) is 14.3. The molecule has 110 valence electrons. The van der Waals surface area contributed by atoms with E-state index in [2.05, 4.69) is 19.2 Å². The highest BCUT2D eigenvalue weighted by Gasteiger charge is 2.29. The van der Waals surface area contributed by atoms with E-state index in [9.17, 15) is 9.59 Å². The van der Waals surface area contributed by atoms with Crippen LogP contribution >= 0.6 is 11.8 Å². The first kappa shape index (κ1) is 16.3. The fourth-order valence-electron chi connectivity index (χ4n) is 1.96. The zero-order valence-electron chi connectivity index (χ0n) is 12.0. The minimum atomic E-state index is 0.0569. The first-order valence-corrected chi connectivity index (χ1v) is 7.72. The van der Waals surface area contributed by atoms with Crippen LogP contribution in [0.25, 0.3) is 0 Å². The van der Waals surface area contributed by atoms with Gasteiger partial charge in [0, 0.05) is 39.1 Å². The number of methoxy groups -OCH3 is 1. The van der Waals surface area contributed by atoms with Gasteiger partial charge in [-0.3, -0.25) is 9.59 Å². The van der Waals surface area contributed by atoms with E-state index in [4.69, 9.17) is 4.74 Å². The summed E-state index contributed by atoms with van der Waals surface area (Å²) in [6, 6.07) is 0. The van der Waals surface area contributed by atoms with Gasteiger partial charge in [0.1, 0.15) is 0 Å². The van der Waals surface area contributed by atoms with Crippen molar-refractivity contribution < 1.29 is 14.3 Å². The van der Waals surface area contributed by atoms with Crippen molar-refractivity contribution in [1.29, 1.82) is 0 Å². The lowest BCUT2D eigenvalue weighted by molar-refractivity contribution is -0.128. The number of nitrogens with one attached hydrogen (secondary N) is 1. The van der Waals surface area contributed by atoms with Crippen molar-refractivity contribution in [3.8, 4) is 0 Å². The SMILES string of the molecule is COCCN1CC(CNC(=O)CSC(C)C)CC1=O. The Labute approximate surface area is 119 Å². The molecule has 0 radical (unpaired) electrons. The van der Waals surface area contributed by atoms with Crippen molar-refractivity contribution >= 4 is 23.6 Å². The van der Waals surface area contributed by atoms with Crippen LogP contribution in [0, 0.1) is 5.92 Å². The van der Waals surface area contributed by atoms with E-state index < -0.39 is 0 Å². The highest BCUT2D eigenvalue weighted by Crippen LogP contribution is 2.16. The third kappa shape index (κ3) is 6.29. The van der Waals surface area contributed by atoms with Crippen LogP contribution in [0.2, 0.25) is 0 Å².